The number of hydrogen-bond donors (Lipinski definition) is 0. The van der Waals surface area contributed by atoms with Gasteiger partial charge in [-0.05, 0) is 48.6 Å². The Hall–Kier alpha value is -3.99. The lowest BCUT2D eigenvalue weighted by atomic mass is 10.1. The van der Waals surface area contributed by atoms with Gasteiger partial charge in [0.05, 0.1) is 12.8 Å². The first-order valence-electron chi connectivity index (χ1n) is 9.16. The van der Waals surface area contributed by atoms with Crippen molar-refractivity contribution in [1.29, 1.82) is 0 Å². The van der Waals surface area contributed by atoms with Crippen LogP contribution in [0.25, 0.3) is 23.0 Å². The number of carbonyl (C=O) groups excluding carboxylic acids is 1. The summed E-state index contributed by atoms with van der Waals surface area (Å²) in [5.41, 5.74) is 3.99. The van der Waals surface area contributed by atoms with Crippen molar-refractivity contribution < 1.29 is 9.53 Å². The van der Waals surface area contributed by atoms with Crippen molar-refractivity contribution in [1.82, 2.24) is 14.8 Å². The molecule has 0 radical (unpaired) electrons. The van der Waals surface area contributed by atoms with E-state index in [0.29, 0.717) is 11.3 Å². The van der Waals surface area contributed by atoms with Crippen LogP contribution in [0.2, 0.25) is 0 Å². The number of aromatic nitrogens is 3. The van der Waals surface area contributed by atoms with E-state index in [2.05, 4.69) is 4.98 Å². The van der Waals surface area contributed by atoms with Gasteiger partial charge in [-0.1, -0.05) is 30.3 Å². The van der Waals surface area contributed by atoms with Gasteiger partial charge in [0.15, 0.2) is 5.78 Å². The number of nitrogens with zero attached hydrogens (tertiary/aromatic N) is 3. The van der Waals surface area contributed by atoms with Gasteiger partial charge in [0.25, 0.3) is 0 Å². The topological polar surface area (TPSA) is 57.0 Å². The van der Waals surface area contributed by atoms with Crippen molar-refractivity contribution in [3.8, 4) is 22.7 Å². The van der Waals surface area contributed by atoms with Crippen molar-refractivity contribution in [2.45, 2.75) is 0 Å². The molecule has 0 bridgehead atoms. The van der Waals surface area contributed by atoms with E-state index in [1.54, 1.807) is 54.5 Å². The maximum absolute atomic E-state index is 12.6. The zero-order chi connectivity index (χ0) is 20.1. The molecule has 5 heteroatoms. The Bertz CT molecular complexity index is 1150. The van der Waals surface area contributed by atoms with Crippen LogP contribution in [0.5, 0.6) is 5.75 Å². The second kappa shape index (κ2) is 8.35. The average Bonchev–Trinajstić information content (AvgIpc) is 3.23. The first-order chi connectivity index (χ1) is 14.2. The Balaban J connectivity index is 1.71. The molecule has 0 saturated carbocycles. The average molecular weight is 381 g/mol. The summed E-state index contributed by atoms with van der Waals surface area (Å²) in [7, 11) is 1.58. The van der Waals surface area contributed by atoms with Crippen molar-refractivity contribution in [3.63, 3.8) is 0 Å². The monoisotopic (exact) mass is 381 g/mol. The highest BCUT2D eigenvalue weighted by Gasteiger charge is 2.11. The van der Waals surface area contributed by atoms with Crippen molar-refractivity contribution in [2.24, 2.45) is 0 Å². The number of carbonyl (C=O) groups is 1. The van der Waals surface area contributed by atoms with Crippen LogP contribution in [-0.2, 0) is 0 Å². The Kier molecular flexibility index (Phi) is 5.29. The highest BCUT2D eigenvalue weighted by molar-refractivity contribution is 6.07. The number of benzene rings is 2. The first-order valence-corrected chi connectivity index (χ1v) is 9.16. The predicted octanol–water partition coefficient (Wildman–Crippen LogP) is 4.84. The summed E-state index contributed by atoms with van der Waals surface area (Å²) in [5.74, 6) is 0.547. The molecule has 0 unspecified atom stereocenters. The fourth-order valence-electron chi connectivity index (χ4n) is 2.99. The molecule has 0 spiro atoms. The standard InChI is InChI=1S/C24H19N3O2/c1-29-22-11-5-7-18(15-22)23(28)13-12-20-17-27(21-9-3-2-4-10-21)26-24(20)19-8-6-14-25-16-19/h2-17H,1H3/b13-12+. The van der Waals surface area contributed by atoms with Gasteiger partial charge in [-0.2, -0.15) is 5.10 Å². The van der Waals surface area contributed by atoms with E-state index in [4.69, 9.17) is 9.84 Å². The van der Waals surface area contributed by atoms with E-state index in [0.717, 1.165) is 22.5 Å². The summed E-state index contributed by atoms with van der Waals surface area (Å²) in [6.45, 7) is 0. The number of ether oxygens (including phenoxy) is 1. The van der Waals surface area contributed by atoms with Gasteiger partial charge < -0.3 is 4.74 Å². The number of para-hydroxylation sites is 1. The molecule has 4 aromatic rings. The Morgan fingerprint density at radius 3 is 2.66 bits per heavy atom. The molecule has 4 rings (SSSR count). The summed E-state index contributed by atoms with van der Waals surface area (Å²) in [4.78, 5) is 16.8. The molecule has 0 amide bonds. The third-order valence-electron chi connectivity index (χ3n) is 4.47. The molecule has 0 aliphatic heterocycles. The second-order valence-corrected chi connectivity index (χ2v) is 6.38. The highest BCUT2D eigenvalue weighted by Crippen LogP contribution is 2.24. The third-order valence-corrected chi connectivity index (χ3v) is 4.47. The number of pyridine rings is 1. The quantitative estimate of drug-likeness (QED) is 0.354. The van der Waals surface area contributed by atoms with Crippen LogP contribution < -0.4 is 4.74 Å². The predicted molar refractivity (Wildman–Crippen MR) is 113 cm³/mol. The molecule has 0 fully saturated rings. The number of rotatable bonds is 6. The van der Waals surface area contributed by atoms with Gasteiger partial charge in [-0.15, -0.1) is 0 Å². The summed E-state index contributed by atoms with van der Waals surface area (Å²) >= 11 is 0. The van der Waals surface area contributed by atoms with Crippen LogP contribution in [-0.4, -0.2) is 27.7 Å². The number of hydrogen-bond acceptors (Lipinski definition) is 4. The molecule has 2 heterocycles. The van der Waals surface area contributed by atoms with Gasteiger partial charge in [0, 0.05) is 35.3 Å². The molecule has 0 N–H and O–H groups in total. The number of allylic oxidation sites excluding steroid dienone is 1. The van der Waals surface area contributed by atoms with Crippen LogP contribution >= 0.6 is 0 Å². The zero-order valence-corrected chi connectivity index (χ0v) is 15.9. The van der Waals surface area contributed by atoms with E-state index >= 15 is 0 Å². The number of ketones is 1. The fraction of sp³-hybridized carbons (Fsp3) is 0.0417. The minimum absolute atomic E-state index is 0.103. The number of methoxy groups -OCH3 is 1. The molecule has 2 aromatic heterocycles. The van der Waals surface area contributed by atoms with Crippen LogP contribution in [0.3, 0.4) is 0 Å². The third kappa shape index (κ3) is 4.14. The Morgan fingerprint density at radius 1 is 1.03 bits per heavy atom. The molecular weight excluding hydrogens is 362 g/mol. The molecule has 0 aliphatic rings. The maximum atomic E-state index is 12.6. The zero-order valence-electron chi connectivity index (χ0n) is 15.9. The van der Waals surface area contributed by atoms with Gasteiger partial charge in [0.2, 0.25) is 0 Å². The van der Waals surface area contributed by atoms with Crippen molar-refractivity contribution in [3.05, 3.63) is 103 Å². The Morgan fingerprint density at radius 2 is 1.90 bits per heavy atom. The van der Waals surface area contributed by atoms with Crippen molar-refractivity contribution in [2.75, 3.05) is 7.11 Å². The molecule has 0 atom stereocenters. The minimum atomic E-state index is -0.103. The van der Waals surface area contributed by atoms with Gasteiger partial charge in [-0.25, -0.2) is 4.68 Å². The molecule has 142 valence electrons. The summed E-state index contributed by atoms with van der Waals surface area (Å²) in [5, 5.41) is 4.72. The van der Waals surface area contributed by atoms with E-state index in [1.807, 2.05) is 54.7 Å². The lowest BCUT2D eigenvalue weighted by Gasteiger charge is -2.01. The summed E-state index contributed by atoms with van der Waals surface area (Å²) < 4.78 is 7.00. The van der Waals surface area contributed by atoms with Crippen molar-refractivity contribution >= 4 is 11.9 Å². The minimum Gasteiger partial charge on any atom is -0.497 e. The molecule has 29 heavy (non-hydrogen) atoms. The lowest BCUT2D eigenvalue weighted by Crippen LogP contribution is -1.95. The molecular formula is C24H19N3O2. The smallest absolute Gasteiger partial charge is 0.185 e. The highest BCUT2D eigenvalue weighted by atomic mass is 16.5. The van der Waals surface area contributed by atoms with Gasteiger partial charge in [0.1, 0.15) is 11.4 Å². The molecule has 0 aliphatic carbocycles. The van der Waals surface area contributed by atoms with E-state index in [9.17, 15) is 4.79 Å². The maximum Gasteiger partial charge on any atom is 0.185 e. The van der Waals surface area contributed by atoms with E-state index < -0.39 is 0 Å². The molecule has 0 saturated heterocycles. The van der Waals surface area contributed by atoms with Gasteiger partial charge in [-0.3, -0.25) is 9.78 Å². The second-order valence-electron chi connectivity index (χ2n) is 6.38. The van der Waals surface area contributed by atoms with E-state index in [1.165, 1.54) is 0 Å². The SMILES string of the molecule is COc1cccc(C(=O)/C=C/c2cn(-c3ccccc3)nc2-c2cccnc2)c1. The summed E-state index contributed by atoms with van der Waals surface area (Å²) in [6, 6.07) is 20.8. The van der Waals surface area contributed by atoms with Crippen LogP contribution in [0.4, 0.5) is 0 Å². The van der Waals surface area contributed by atoms with Crippen LogP contribution in [0.15, 0.2) is 91.4 Å². The lowest BCUT2D eigenvalue weighted by molar-refractivity contribution is 0.104. The van der Waals surface area contributed by atoms with Gasteiger partial charge >= 0.3 is 0 Å². The first kappa shape index (κ1) is 18.4. The molecule has 5 nitrogen and oxygen atoms in total. The fourth-order valence-corrected chi connectivity index (χ4v) is 2.99. The Labute approximate surface area is 168 Å². The largest absolute Gasteiger partial charge is 0.497 e. The van der Waals surface area contributed by atoms with Crippen LogP contribution in [0, 0.1) is 0 Å². The summed E-state index contributed by atoms with van der Waals surface area (Å²) in [6.07, 6.45) is 8.74. The normalized spacial score (nSPS) is 10.9. The van der Waals surface area contributed by atoms with Crippen LogP contribution in [0.1, 0.15) is 15.9 Å². The van der Waals surface area contributed by atoms with E-state index in [-0.39, 0.29) is 5.78 Å². The molecule has 2 aromatic carbocycles.